The van der Waals surface area contributed by atoms with Gasteiger partial charge in [-0.05, 0) is 35.7 Å². The van der Waals surface area contributed by atoms with E-state index < -0.39 is 0 Å². The molecule has 4 rings (SSSR count). The van der Waals surface area contributed by atoms with Crippen LogP contribution in [0, 0.1) is 0 Å². The Bertz CT molecular complexity index is 915. The van der Waals surface area contributed by atoms with Crippen molar-refractivity contribution in [2.75, 3.05) is 7.11 Å². The molecule has 0 radical (unpaired) electrons. The average molecular weight is 303 g/mol. The van der Waals surface area contributed by atoms with Crippen LogP contribution in [0.5, 0.6) is 5.88 Å². The topological polar surface area (TPSA) is 39.2 Å². The molecule has 0 spiro atoms. The van der Waals surface area contributed by atoms with E-state index in [1.807, 2.05) is 24.3 Å². The number of carbonyl (C=O) groups excluding carboxylic acids is 1. The first kappa shape index (κ1) is 13.9. The number of methoxy groups -OCH3 is 1. The van der Waals surface area contributed by atoms with E-state index in [1.165, 1.54) is 5.56 Å². The van der Waals surface area contributed by atoms with Crippen molar-refractivity contribution in [3.05, 3.63) is 70.8 Å². The van der Waals surface area contributed by atoms with Crippen molar-refractivity contribution in [2.24, 2.45) is 0 Å². The number of ether oxygens (including phenoxy) is 1. The molecule has 3 aromatic rings. The highest BCUT2D eigenvalue weighted by atomic mass is 16.5. The fourth-order valence-corrected chi connectivity index (χ4v) is 3.26. The number of para-hydroxylation sites is 1. The van der Waals surface area contributed by atoms with Crippen molar-refractivity contribution in [2.45, 2.75) is 19.3 Å². The lowest BCUT2D eigenvalue weighted by molar-refractivity contribution is 0.0994. The normalized spacial score (nSPS) is 13.3. The summed E-state index contributed by atoms with van der Waals surface area (Å²) in [5.74, 6) is 0.904. The molecule has 0 amide bonds. The number of aromatic nitrogens is 1. The zero-order valence-electron chi connectivity index (χ0n) is 13.0. The van der Waals surface area contributed by atoms with Gasteiger partial charge in [0.2, 0.25) is 5.88 Å². The zero-order chi connectivity index (χ0) is 15.8. The summed E-state index contributed by atoms with van der Waals surface area (Å²) in [7, 11) is 1.65. The Hall–Kier alpha value is -2.68. The molecule has 0 aliphatic heterocycles. The van der Waals surface area contributed by atoms with Gasteiger partial charge in [-0.3, -0.25) is 4.79 Å². The average Bonchev–Trinajstić information content (AvgIpc) is 2.95. The van der Waals surface area contributed by atoms with Gasteiger partial charge in [0.25, 0.3) is 0 Å². The molecular formula is C20H17NO2. The van der Waals surface area contributed by atoms with Crippen LogP contribution in [0.15, 0.2) is 48.5 Å². The van der Waals surface area contributed by atoms with Crippen LogP contribution in [-0.2, 0) is 12.8 Å². The molecule has 1 aromatic heterocycles. The van der Waals surface area contributed by atoms with Crippen LogP contribution in [0.2, 0.25) is 0 Å². The molecular weight excluding hydrogens is 286 g/mol. The SMILES string of the molecule is COc1nc2ccccc2cc1Cc1ccc2c(c1)C(=O)CC2. The number of hydrogen-bond acceptors (Lipinski definition) is 3. The first-order chi connectivity index (χ1) is 11.2. The summed E-state index contributed by atoms with van der Waals surface area (Å²) in [6, 6.07) is 16.3. The van der Waals surface area contributed by atoms with Gasteiger partial charge in [-0.2, -0.15) is 0 Å². The summed E-state index contributed by atoms with van der Waals surface area (Å²) in [6.45, 7) is 0. The van der Waals surface area contributed by atoms with Crippen molar-refractivity contribution in [3.8, 4) is 5.88 Å². The Kier molecular flexibility index (Phi) is 3.34. The first-order valence-corrected chi connectivity index (χ1v) is 7.82. The van der Waals surface area contributed by atoms with Crippen LogP contribution in [0.1, 0.15) is 33.5 Å². The summed E-state index contributed by atoms with van der Waals surface area (Å²) in [5.41, 5.74) is 5.14. The Morgan fingerprint density at radius 1 is 1.09 bits per heavy atom. The molecule has 1 aliphatic carbocycles. The second-order valence-corrected chi connectivity index (χ2v) is 5.94. The van der Waals surface area contributed by atoms with Crippen molar-refractivity contribution < 1.29 is 9.53 Å². The highest BCUT2D eigenvalue weighted by molar-refractivity contribution is 6.00. The second-order valence-electron chi connectivity index (χ2n) is 5.94. The highest BCUT2D eigenvalue weighted by Crippen LogP contribution is 2.27. The summed E-state index contributed by atoms with van der Waals surface area (Å²) >= 11 is 0. The molecule has 0 saturated carbocycles. The van der Waals surface area contributed by atoms with E-state index in [2.05, 4.69) is 29.2 Å². The quantitative estimate of drug-likeness (QED) is 0.735. The number of pyridine rings is 1. The van der Waals surface area contributed by atoms with Gasteiger partial charge < -0.3 is 4.74 Å². The number of Topliss-reactive ketones (excluding diaryl/α,β-unsaturated/α-hetero) is 1. The third-order valence-corrected chi connectivity index (χ3v) is 4.45. The molecule has 114 valence electrons. The number of nitrogens with zero attached hydrogens (tertiary/aromatic N) is 1. The predicted molar refractivity (Wildman–Crippen MR) is 90.2 cm³/mol. The van der Waals surface area contributed by atoms with E-state index in [4.69, 9.17) is 4.74 Å². The molecule has 3 heteroatoms. The van der Waals surface area contributed by atoms with E-state index in [-0.39, 0.29) is 5.78 Å². The lowest BCUT2D eigenvalue weighted by atomic mass is 10.00. The van der Waals surface area contributed by atoms with Gasteiger partial charge in [0, 0.05) is 29.4 Å². The number of rotatable bonds is 3. The molecule has 1 aliphatic rings. The summed E-state index contributed by atoms with van der Waals surface area (Å²) in [4.78, 5) is 16.5. The number of hydrogen-bond donors (Lipinski definition) is 0. The predicted octanol–water partition coefficient (Wildman–Crippen LogP) is 3.96. The van der Waals surface area contributed by atoms with Crippen LogP contribution in [0.25, 0.3) is 10.9 Å². The maximum absolute atomic E-state index is 11.9. The Balaban J connectivity index is 1.75. The standard InChI is InChI=1S/C20H17NO2/c1-23-20-16(12-15-4-2-3-5-18(15)21-20)10-13-6-7-14-8-9-19(22)17(14)11-13/h2-7,11-12H,8-10H2,1H3. The molecule has 0 bridgehead atoms. The van der Waals surface area contributed by atoms with E-state index in [0.717, 1.165) is 34.0 Å². The molecule has 0 atom stereocenters. The van der Waals surface area contributed by atoms with Crippen molar-refractivity contribution >= 4 is 16.7 Å². The summed E-state index contributed by atoms with van der Waals surface area (Å²) < 4.78 is 5.46. The third-order valence-electron chi connectivity index (χ3n) is 4.45. The molecule has 1 heterocycles. The van der Waals surface area contributed by atoms with Crippen LogP contribution in [0.4, 0.5) is 0 Å². The minimum atomic E-state index is 0.255. The molecule has 23 heavy (non-hydrogen) atoms. The molecule has 0 unspecified atom stereocenters. The highest BCUT2D eigenvalue weighted by Gasteiger charge is 2.19. The van der Waals surface area contributed by atoms with Crippen molar-refractivity contribution in [1.82, 2.24) is 4.98 Å². The minimum absolute atomic E-state index is 0.255. The third kappa shape index (κ3) is 2.48. The Labute approximate surface area is 134 Å². The molecule has 0 N–H and O–H groups in total. The maximum atomic E-state index is 11.9. The van der Waals surface area contributed by atoms with Gasteiger partial charge in [-0.15, -0.1) is 0 Å². The summed E-state index contributed by atoms with van der Waals surface area (Å²) in [6.07, 6.45) is 2.22. The van der Waals surface area contributed by atoms with E-state index in [9.17, 15) is 4.79 Å². The van der Waals surface area contributed by atoms with Crippen LogP contribution < -0.4 is 4.74 Å². The molecule has 0 saturated heterocycles. The minimum Gasteiger partial charge on any atom is -0.481 e. The van der Waals surface area contributed by atoms with E-state index in [1.54, 1.807) is 7.11 Å². The molecule has 3 nitrogen and oxygen atoms in total. The number of ketones is 1. The van der Waals surface area contributed by atoms with E-state index >= 15 is 0 Å². The number of benzene rings is 2. The van der Waals surface area contributed by atoms with Gasteiger partial charge in [0.15, 0.2) is 5.78 Å². The maximum Gasteiger partial charge on any atom is 0.217 e. The number of aryl methyl sites for hydroxylation is 1. The fourth-order valence-electron chi connectivity index (χ4n) is 3.26. The van der Waals surface area contributed by atoms with Gasteiger partial charge in [-0.1, -0.05) is 30.3 Å². The molecule has 2 aromatic carbocycles. The largest absolute Gasteiger partial charge is 0.481 e. The zero-order valence-corrected chi connectivity index (χ0v) is 13.0. The fraction of sp³-hybridized carbons (Fsp3) is 0.200. The first-order valence-electron chi connectivity index (χ1n) is 7.82. The van der Waals surface area contributed by atoms with Crippen molar-refractivity contribution in [3.63, 3.8) is 0 Å². The number of fused-ring (bicyclic) bond motifs is 2. The van der Waals surface area contributed by atoms with Gasteiger partial charge in [0.05, 0.1) is 12.6 Å². The number of carbonyl (C=O) groups is 1. The van der Waals surface area contributed by atoms with Crippen LogP contribution >= 0.6 is 0 Å². The Morgan fingerprint density at radius 3 is 2.83 bits per heavy atom. The van der Waals surface area contributed by atoms with E-state index in [0.29, 0.717) is 18.7 Å². The van der Waals surface area contributed by atoms with Gasteiger partial charge in [-0.25, -0.2) is 4.98 Å². The monoisotopic (exact) mass is 303 g/mol. The Morgan fingerprint density at radius 2 is 1.96 bits per heavy atom. The lowest BCUT2D eigenvalue weighted by Crippen LogP contribution is -1.99. The van der Waals surface area contributed by atoms with Crippen molar-refractivity contribution in [1.29, 1.82) is 0 Å². The molecule has 0 fully saturated rings. The lowest BCUT2D eigenvalue weighted by Gasteiger charge is -2.10. The van der Waals surface area contributed by atoms with Gasteiger partial charge in [0.1, 0.15) is 0 Å². The van der Waals surface area contributed by atoms with Crippen LogP contribution in [0.3, 0.4) is 0 Å². The van der Waals surface area contributed by atoms with Gasteiger partial charge >= 0.3 is 0 Å². The summed E-state index contributed by atoms with van der Waals surface area (Å²) in [5, 5.41) is 1.10. The van der Waals surface area contributed by atoms with Crippen LogP contribution in [-0.4, -0.2) is 17.9 Å². The smallest absolute Gasteiger partial charge is 0.217 e. The second kappa shape index (κ2) is 5.51.